The number of benzene rings is 3. The van der Waals surface area contributed by atoms with Crippen LogP contribution in [0.2, 0.25) is 0 Å². The summed E-state index contributed by atoms with van der Waals surface area (Å²) < 4.78 is 12.0. The number of para-hydroxylation sites is 1. The van der Waals surface area contributed by atoms with Gasteiger partial charge in [-0.2, -0.15) is 0 Å². The van der Waals surface area contributed by atoms with Crippen LogP contribution in [-0.2, 0) is 0 Å². The Bertz CT molecular complexity index is 1090. The van der Waals surface area contributed by atoms with Crippen LogP contribution >= 0.6 is 0 Å². The van der Waals surface area contributed by atoms with Gasteiger partial charge < -0.3 is 19.5 Å². The van der Waals surface area contributed by atoms with Gasteiger partial charge >= 0.3 is 0 Å². The predicted octanol–water partition coefficient (Wildman–Crippen LogP) is 7.52. The smallest absolute Gasteiger partial charge is 0.205 e. The van der Waals surface area contributed by atoms with E-state index in [2.05, 4.69) is 47.4 Å². The van der Waals surface area contributed by atoms with Crippen LogP contribution in [0, 0.1) is 0 Å². The Morgan fingerprint density at radius 1 is 0.711 bits per heavy atom. The minimum atomic E-state index is -0.904. The summed E-state index contributed by atoms with van der Waals surface area (Å²) in [7, 11) is 0. The van der Waals surface area contributed by atoms with Gasteiger partial charge in [-0.05, 0) is 74.6 Å². The third kappa shape index (κ3) is 6.98. The molecule has 0 aliphatic carbocycles. The lowest BCUT2D eigenvalue weighted by molar-refractivity contribution is -0.0530. The topological polar surface area (TPSA) is 41.9 Å². The van der Waals surface area contributed by atoms with Crippen molar-refractivity contribution in [2.24, 2.45) is 0 Å². The number of aliphatic hydroxyl groups excluding tert-OH is 1. The third-order valence-electron chi connectivity index (χ3n) is 8.18. The van der Waals surface area contributed by atoms with E-state index in [1.54, 1.807) is 0 Å². The van der Waals surface area contributed by atoms with Crippen LogP contribution in [0.5, 0.6) is 11.5 Å². The molecule has 202 valence electrons. The van der Waals surface area contributed by atoms with Crippen molar-refractivity contribution in [3.05, 3.63) is 95.6 Å². The van der Waals surface area contributed by atoms with E-state index in [-0.39, 0.29) is 11.8 Å². The van der Waals surface area contributed by atoms with Crippen molar-refractivity contribution in [2.45, 2.75) is 75.9 Å². The number of rotatable bonds is 13. The second-order valence-corrected chi connectivity index (χ2v) is 10.9. The molecule has 0 spiro atoms. The molecule has 0 amide bonds. The van der Waals surface area contributed by atoms with Gasteiger partial charge in [-0.1, -0.05) is 92.8 Å². The molecule has 5 rings (SSSR count). The van der Waals surface area contributed by atoms with Crippen LogP contribution < -0.4 is 9.47 Å². The molecule has 2 aliphatic rings. The number of likely N-dealkylation sites (tertiary alicyclic amines) is 1. The maximum atomic E-state index is 11.0. The zero-order valence-electron chi connectivity index (χ0n) is 22.6. The Kier molecular flexibility index (Phi) is 9.74. The molecule has 3 atom stereocenters. The molecule has 0 saturated carbocycles. The average Bonchev–Trinajstić information content (AvgIpc) is 3.48. The van der Waals surface area contributed by atoms with Gasteiger partial charge in [0, 0.05) is 11.5 Å². The highest BCUT2D eigenvalue weighted by Crippen LogP contribution is 2.48. The first-order valence-electron chi connectivity index (χ1n) is 14.7. The number of nitrogens with zero attached hydrogens (tertiary/aromatic N) is 1. The fraction of sp³-hybridized carbons (Fsp3) is 0.471. The monoisotopic (exact) mass is 513 g/mol. The van der Waals surface area contributed by atoms with E-state index >= 15 is 0 Å². The maximum Gasteiger partial charge on any atom is 0.205 e. The molecule has 2 aliphatic heterocycles. The Morgan fingerprint density at radius 2 is 1.37 bits per heavy atom. The number of fused-ring (bicyclic) bond motifs is 1. The highest BCUT2D eigenvalue weighted by atomic mass is 16.6. The van der Waals surface area contributed by atoms with Crippen molar-refractivity contribution < 1.29 is 14.6 Å². The highest BCUT2D eigenvalue weighted by Gasteiger charge is 2.39. The van der Waals surface area contributed by atoms with E-state index in [9.17, 15) is 5.11 Å². The molecule has 0 radical (unpaired) electrons. The summed E-state index contributed by atoms with van der Waals surface area (Å²) >= 11 is 0. The zero-order valence-corrected chi connectivity index (χ0v) is 22.6. The normalized spacial score (nSPS) is 21.1. The van der Waals surface area contributed by atoms with E-state index in [0.29, 0.717) is 0 Å². The van der Waals surface area contributed by atoms with E-state index in [1.165, 1.54) is 71.0 Å². The van der Waals surface area contributed by atoms with Gasteiger partial charge in [0.15, 0.2) is 0 Å². The van der Waals surface area contributed by atoms with Crippen molar-refractivity contribution in [1.29, 1.82) is 0 Å². The molecule has 0 aromatic heterocycles. The summed E-state index contributed by atoms with van der Waals surface area (Å²) in [5.74, 6) is 1.48. The number of aliphatic hydroxyl groups is 1. The minimum absolute atomic E-state index is 0.00162. The first kappa shape index (κ1) is 26.8. The lowest BCUT2D eigenvalue weighted by atomic mass is 9.75. The molecule has 1 N–H and O–H groups in total. The SMILES string of the molecule is OC1Oc2ccccc2C(c2ccc(OCCCCCCCCCN3CCCC3)cc2)C1c1ccccc1. The van der Waals surface area contributed by atoms with Gasteiger partial charge in [0.2, 0.25) is 6.29 Å². The first-order chi connectivity index (χ1) is 18.8. The molecular formula is C34H43NO3. The molecule has 0 bridgehead atoms. The van der Waals surface area contributed by atoms with Crippen molar-refractivity contribution in [3.8, 4) is 11.5 Å². The standard InChI is InChI=1S/C34H43NO3/c36-34-33(27-15-7-6-8-16-27)32(30-17-9-10-18-31(30)38-34)28-19-21-29(22-20-28)37-26-14-5-3-1-2-4-11-23-35-24-12-13-25-35/h6-10,15-22,32-34,36H,1-5,11-14,23-26H2. The van der Waals surface area contributed by atoms with Gasteiger partial charge in [-0.15, -0.1) is 0 Å². The molecule has 1 fully saturated rings. The summed E-state index contributed by atoms with van der Waals surface area (Å²) in [6.45, 7) is 4.72. The van der Waals surface area contributed by atoms with Crippen molar-refractivity contribution in [1.82, 2.24) is 4.90 Å². The van der Waals surface area contributed by atoms with E-state index in [0.717, 1.165) is 41.2 Å². The summed E-state index contributed by atoms with van der Waals surface area (Å²) in [5, 5.41) is 11.0. The largest absolute Gasteiger partial charge is 0.494 e. The summed E-state index contributed by atoms with van der Waals surface area (Å²) in [5.41, 5.74) is 3.34. The second-order valence-electron chi connectivity index (χ2n) is 10.9. The fourth-order valence-corrected chi connectivity index (χ4v) is 6.11. The van der Waals surface area contributed by atoms with Crippen molar-refractivity contribution in [2.75, 3.05) is 26.2 Å². The van der Waals surface area contributed by atoms with Gasteiger partial charge in [0.1, 0.15) is 11.5 Å². The van der Waals surface area contributed by atoms with E-state index in [4.69, 9.17) is 9.47 Å². The summed E-state index contributed by atoms with van der Waals surface area (Å²) in [4.78, 5) is 2.62. The highest BCUT2D eigenvalue weighted by molar-refractivity contribution is 5.48. The van der Waals surface area contributed by atoms with Gasteiger partial charge in [-0.25, -0.2) is 0 Å². The van der Waals surface area contributed by atoms with E-state index in [1.807, 2.05) is 36.4 Å². The number of hydrogen-bond acceptors (Lipinski definition) is 4. The number of hydrogen-bond donors (Lipinski definition) is 1. The van der Waals surface area contributed by atoms with Crippen LogP contribution in [-0.4, -0.2) is 42.5 Å². The third-order valence-corrected chi connectivity index (χ3v) is 8.18. The fourth-order valence-electron chi connectivity index (χ4n) is 6.11. The molecule has 4 nitrogen and oxygen atoms in total. The lowest BCUT2D eigenvalue weighted by Crippen LogP contribution is -2.34. The van der Waals surface area contributed by atoms with Crippen LogP contribution in [0.1, 0.15) is 86.3 Å². The Labute approximate surface area is 228 Å². The molecular weight excluding hydrogens is 470 g/mol. The molecule has 4 heteroatoms. The van der Waals surface area contributed by atoms with Crippen LogP contribution in [0.4, 0.5) is 0 Å². The van der Waals surface area contributed by atoms with E-state index < -0.39 is 6.29 Å². The predicted molar refractivity (Wildman–Crippen MR) is 154 cm³/mol. The van der Waals surface area contributed by atoms with Crippen molar-refractivity contribution in [3.63, 3.8) is 0 Å². The number of unbranched alkanes of at least 4 members (excludes halogenated alkanes) is 6. The maximum absolute atomic E-state index is 11.0. The zero-order chi connectivity index (χ0) is 26.0. The van der Waals surface area contributed by atoms with Crippen LogP contribution in [0.15, 0.2) is 78.9 Å². The molecule has 3 unspecified atom stereocenters. The van der Waals surface area contributed by atoms with Crippen LogP contribution in [0.25, 0.3) is 0 Å². The minimum Gasteiger partial charge on any atom is -0.494 e. The lowest BCUT2D eigenvalue weighted by Gasteiger charge is -2.37. The van der Waals surface area contributed by atoms with Crippen LogP contribution in [0.3, 0.4) is 0 Å². The first-order valence-corrected chi connectivity index (χ1v) is 14.7. The average molecular weight is 514 g/mol. The Morgan fingerprint density at radius 3 is 2.13 bits per heavy atom. The molecule has 2 heterocycles. The molecule has 38 heavy (non-hydrogen) atoms. The van der Waals surface area contributed by atoms with Gasteiger partial charge in [0.05, 0.1) is 12.5 Å². The van der Waals surface area contributed by atoms with Gasteiger partial charge in [-0.3, -0.25) is 0 Å². The quantitative estimate of drug-likeness (QED) is 0.240. The molecule has 3 aromatic rings. The molecule has 1 saturated heterocycles. The molecule has 3 aromatic carbocycles. The summed E-state index contributed by atoms with van der Waals surface area (Å²) in [6, 6.07) is 26.7. The summed E-state index contributed by atoms with van der Waals surface area (Å²) in [6.07, 6.45) is 11.0. The Hall–Kier alpha value is -2.82. The van der Waals surface area contributed by atoms with Gasteiger partial charge in [0.25, 0.3) is 0 Å². The Balaban J connectivity index is 1.09. The second kappa shape index (κ2) is 13.8. The van der Waals surface area contributed by atoms with Crippen molar-refractivity contribution >= 4 is 0 Å². The number of ether oxygens (including phenoxy) is 2.